The fraction of sp³-hybridized carbons (Fsp3) is 0.552. The number of aliphatic hydroxyl groups is 1. The Morgan fingerprint density at radius 1 is 0.671 bits per heavy atom. The molecule has 0 saturated heterocycles. The lowest BCUT2D eigenvalue weighted by Gasteiger charge is -2.45. The number of thioether (sulfide) groups is 2. The molecule has 0 amide bonds. The van der Waals surface area contributed by atoms with Crippen LogP contribution in [0.3, 0.4) is 0 Å². The normalized spacial score (nSPS) is 28.7. The third-order valence-electron chi connectivity index (χ3n) is 16.9. The van der Waals surface area contributed by atoms with Crippen molar-refractivity contribution in [3.05, 3.63) is 115 Å². The summed E-state index contributed by atoms with van der Waals surface area (Å²) in [5.41, 5.74) is 6.88. The summed E-state index contributed by atoms with van der Waals surface area (Å²) in [6.07, 6.45) is 8.22. The molecule has 4 aliphatic heterocycles. The number of hydrogen-bond donors (Lipinski definition) is 3. The molecule has 4 aromatic rings. The Morgan fingerprint density at radius 2 is 1.12 bits per heavy atom. The average molecular weight is 1180 g/mol. The van der Waals surface area contributed by atoms with Gasteiger partial charge >= 0.3 is 0 Å². The van der Waals surface area contributed by atoms with Gasteiger partial charge in [-0.3, -0.25) is 9.59 Å². The molecule has 4 fully saturated rings. The molecule has 3 N–H and O–H groups in total. The van der Waals surface area contributed by atoms with Crippen molar-refractivity contribution in [3.63, 3.8) is 0 Å². The van der Waals surface area contributed by atoms with E-state index in [1.165, 1.54) is 59.1 Å². The molecule has 2 spiro atoms. The quantitative estimate of drug-likeness (QED) is 0.0872. The Hall–Kier alpha value is -2.86. The maximum absolute atomic E-state index is 13.2. The van der Waals surface area contributed by atoms with Gasteiger partial charge in [0.25, 0.3) is 0 Å². The molecule has 0 bridgehead atoms. The summed E-state index contributed by atoms with van der Waals surface area (Å²) in [6.45, 7) is 10.5. The van der Waals surface area contributed by atoms with Gasteiger partial charge in [0, 0.05) is 90.6 Å². The Kier molecular flexibility index (Phi) is 15.6. The van der Waals surface area contributed by atoms with E-state index in [0.29, 0.717) is 56.5 Å². The number of nitrogens with one attached hydrogen (secondary N) is 2. The Labute approximate surface area is 457 Å². The highest BCUT2D eigenvalue weighted by Crippen LogP contribution is 2.63. The van der Waals surface area contributed by atoms with Crippen molar-refractivity contribution in [1.82, 2.24) is 10.6 Å². The number of Topliss-reactive ketones (excluding diaryl/α,β-unsaturated/α-hetero) is 2. The molecule has 390 valence electrons. The van der Waals surface area contributed by atoms with Gasteiger partial charge in [-0.1, -0.05) is 67.6 Å². The number of benzene rings is 4. The van der Waals surface area contributed by atoms with E-state index < -0.39 is 8.32 Å². The highest BCUT2D eigenvalue weighted by atomic mass is 79.9. The molecule has 73 heavy (non-hydrogen) atoms. The first-order valence-corrected chi connectivity index (χ1v) is 33.5. The first-order valence-electron chi connectivity index (χ1n) is 26.7. The Balaban J connectivity index is 0.000000159. The molecule has 0 unspecified atom stereocenters. The zero-order chi connectivity index (χ0) is 50.5. The third-order valence-corrected chi connectivity index (χ3v) is 24.1. The van der Waals surface area contributed by atoms with Gasteiger partial charge in [0.05, 0.1) is 30.7 Å². The lowest BCUT2D eigenvalue weighted by molar-refractivity contribution is -0.125. The molecule has 4 heterocycles. The number of halogens is 2. The van der Waals surface area contributed by atoms with Crippen molar-refractivity contribution < 1.29 is 38.1 Å². The number of ketones is 2. The van der Waals surface area contributed by atoms with Gasteiger partial charge in [-0.2, -0.15) is 23.5 Å². The Bertz CT molecular complexity index is 2680. The third kappa shape index (κ3) is 10.8. The van der Waals surface area contributed by atoms with E-state index in [2.05, 4.69) is 129 Å². The van der Waals surface area contributed by atoms with Crippen LogP contribution in [0, 0.1) is 11.8 Å². The fourth-order valence-corrected chi connectivity index (χ4v) is 17.2. The summed E-state index contributed by atoms with van der Waals surface area (Å²) < 4.78 is 34.4. The predicted octanol–water partition coefficient (Wildman–Crippen LogP) is 11.8. The first-order chi connectivity index (χ1) is 35.4. The summed E-state index contributed by atoms with van der Waals surface area (Å²) in [5.74, 6) is 7.03. The Morgan fingerprint density at radius 3 is 1.56 bits per heavy atom. The van der Waals surface area contributed by atoms with E-state index in [1.807, 2.05) is 29.6 Å². The van der Waals surface area contributed by atoms with E-state index in [1.54, 1.807) is 0 Å². The SMILES string of the molecule is CC[Si](C)(C)OC[C@@H]1C[C@@]23c4c(cc(OCC5CC5)c(Br)c4O[C@@H]2CC(=O)C[C@H]3SCc2ccccc2)CN1.O=C1C[C@H]2Oc3c(Br)c(OCC4CC4)cc4c3[C@@]2(C[C@@H](CO)NC4)[C@H](SCc2ccccc2)C1. The van der Waals surface area contributed by atoms with Crippen molar-refractivity contribution in [2.75, 3.05) is 26.4 Å². The molecular weight excluding hydrogens is 1100 g/mol. The van der Waals surface area contributed by atoms with Crippen LogP contribution in [-0.2, 0) is 49.4 Å². The van der Waals surface area contributed by atoms with Gasteiger partial charge < -0.3 is 39.1 Å². The lowest BCUT2D eigenvalue weighted by Crippen LogP contribution is -2.55. The van der Waals surface area contributed by atoms with E-state index >= 15 is 0 Å². The van der Waals surface area contributed by atoms with Crippen LogP contribution in [0.2, 0.25) is 19.1 Å². The van der Waals surface area contributed by atoms with Gasteiger partial charge in [-0.05, 0) is 136 Å². The van der Waals surface area contributed by atoms with Crippen LogP contribution in [0.5, 0.6) is 23.0 Å². The first kappa shape index (κ1) is 52.2. The van der Waals surface area contributed by atoms with Crippen LogP contribution in [0.1, 0.15) is 105 Å². The van der Waals surface area contributed by atoms with Crippen molar-refractivity contribution in [3.8, 4) is 23.0 Å². The van der Waals surface area contributed by atoms with Crippen LogP contribution in [-0.4, -0.2) is 86.2 Å². The minimum atomic E-state index is -1.70. The van der Waals surface area contributed by atoms with Crippen LogP contribution < -0.4 is 29.6 Å². The summed E-state index contributed by atoms with van der Waals surface area (Å²) >= 11 is 11.5. The second-order valence-corrected chi connectivity index (χ2v) is 31.0. The number of ether oxygens (including phenoxy) is 4. The maximum atomic E-state index is 13.2. The van der Waals surface area contributed by atoms with Crippen molar-refractivity contribution >= 4 is 75.3 Å². The van der Waals surface area contributed by atoms with Crippen LogP contribution in [0.15, 0.2) is 81.7 Å². The van der Waals surface area contributed by atoms with Crippen molar-refractivity contribution in [2.24, 2.45) is 11.8 Å². The predicted molar refractivity (Wildman–Crippen MR) is 300 cm³/mol. The van der Waals surface area contributed by atoms with Gasteiger partial charge in [-0.25, -0.2) is 0 Å². The van der Waals surface area contributed by atoms with E-state index in [-0.39, 0.29) is 58.0 Å². The molecule has 12 rings (SSSR count). The lowest BCUT2D eigenvalue weighted by atomic mass is 9.64. The van der Waals surface area contributed by atoms with Gasteiger partial charge in [0.15, 0.2) is 8.32 Å². The monoisotopic (exact) mass is 1170 g/mol. The average Bonchev–Trinajstić information content (AvgIpc) is 4.35. The van der Waals surface area contributed by atoms with Crippen LogP contribution >= 0.6 is 55.4 Å². The number of carbonyl (C=O) groups is 2. The van der Waals surface area contributed by atoms with E-state index in [4.69, 9.17) is 23.4 Å². The number of hydrogen-bond acceptors (Lipinski definition) is 12. The minimum Gasteiger partial charge on any atom is -0.492 e. The molecule has 0 aromatic heterocycles. The molecule has 10 nitrogen and oxygen atoms in total. The van der Waals surface area contributed by atoms with Gasteiger partial charge in [-0.15, -0.1) is 0 Å². The summed E-state index contributed by atoms with van der Waals surface area (Å²) in [7, 11) is -1.70. The molecule has 15 heteroatoms. The number of rotatable bonds is 17. The summed E-state index contributed by atoms with van der Waals surface area (Å²) in [6, 6.07) is 26.7. The molecule has 8 atom stereocenters. The molecule has 4 aliphatic carbocycles. The van der Waals surface area contributed by atoms with E-state index in [9.17, 15) is 14.7 Å². The highest BCUT2D eigenvalue weighted by Gasteiger charge is 2.62. The second kappa shape index (κ2) is 21.9. The topological polar surface area (TPSA) is 125 Å². The maximum Gasteiger partial charge on any atom is 0.186 e. The summed E-state index contributed by atoms with van der Waals surface area (Å²) in [4.78, 5) is 26.1. The zero-order valence-electron chi connectivity index (χ0n) is 42.4. The molecule has 0 radical (unpaired) electrons. The van der Waals surface area contributed by atoms with Crippen molar-refractivity contribution in [1.29, 1.82) is 0 Å². The van der Waals surface area contributed by atoms with E-state index in [0.717, 1.165) is 82.1 Å². The fourth-order valence-electron chi connectivity index (χ4n) is 12.2. The molecular formula is C58H70Br2N2O8S2Si. The summed E-state index contributed by atoms with van der Waals surface area (Å²) in [5, 5.41) is 17.8. The number of aliphatic hydroxyl groups excluding tert-OH is 1. The molecule has 8 aliphatic rings. The molecule has 4 aromatic carbocycles. The van der Waals surface area contributed by atoms with Crippen LogP contribution in [0.4, 0.5) is 0 Å². The van der Waals surface area contributed by atoms with Gasteiger partial charge in [0.2, 0.25) is 0 Å². The highest BCUT2D eigenvalue weighted by molar-refractivity contribution is 9.11. The zero-order valence-corrected chi connectivity index (χ0v) is 48.2. The minimum absolute atomic E-state index is 0.0490. The van der Waals surface area contributed by atoms with Gasteiger partial charge in [0.1, 0.15) is 55.7 Å². The number of carbonyl (C=O) groups excluding carboxylic acids is 2. The molecule has 4 saturated carbocycles. The second-order valence-electron chi connectivity index (χ2n) is 22.5. The van der Waals surface area contributed by atoms with Crippen molar-refractivity contribution in [2.45, 2.75) is 160 Å². The smallest absolute Gasteiger partial charge is 0.186 e. The largest absolute Gasteiger partial charge is 0.492 e. The van der Waals surface area contributed by atoms with Crippen LogP contribution in [0.25, 0.3) is 0 Å². The standard InChI is InChI=1S/C31H40BrNO4SSi.C27H30BrNO4S/c1-4-39(2,3)36-18-23-15-31-26(13-24(34)14-27(31)38-19-21-8-6-5-7-9-21)37-30-28(31)22(16-33-23)12-25(29(30)32)35-17-20-10-11-20;28-25-21(32-14-16-6-7-16)8-18-12-29-19(13-30)11-27-22(33-26(25)24(18)27)9-20(31)10-23(27)34-15-17-4-2-1-3-5-17/h5-9,12,20,23,26-27,33H,4,10-11,13-19H2,1-3H3;1-5,8,16,19,22-23,29-30H,6-7,9-15H2/t23-,26+,27+,31+;19-,22+,23+,27+/m00/s1.